The minimum atomic E-state index is -0.780. The van der Waals surface area contributed by atoms with Crippen molar-refractivity contribution in [1.82, 2.24) is 59.4 Å². The highest BCUT2D eigenvalue weighted by Gasteiger charge is 2.25. The number of rotatable bonds is 10. The highest BCUT2D eigenvalue weighted by Crippen LogP contribution is 2.38. The number of hydrogen-bond acceptors (Lipinski definition) is 14. The molecule has 0 atom stereocenters. The van der Waals surface area contributed by atoms with Crippen LogP contribution < -0.4 is 20.6 Å². The van der Waals surface area contributed by atoms with Crippen LogP contribution in [0.5, 0.6) is 11.8 Å². The number of ether oxygens (including phenoxy) is 4. The van der Waals surface area contributed by atoms with Gasteiger partial charge < -0.3 is 28.9 Å². The molecule has 2 N–H and O–H groups in total. The fourth-order valence-electron chi connectivity index (χ4n) is 6.19. The van der Waals surface area contributed by atoms with Crippen molar-refractivity contribution in [3.05, 3.63) is 115 Å². The Labute approximate surface area is 338 Å². The van der Waals surface area contributed by atoms with Crippen LogP contribution in [0.4, 0.5) is 0 Å². The first-order valence-corrected chi connectivity index (χ1v) is 18.1. The van der Waals surface area contributed by atoms with Gasteiger partial charge in [-0.05, 0) is 61.4 Å². The Morgan fingerprint density at radius 2 is 1.19 bits per heavy atom. The third-order valence-corrected chi connectivity index (χ3v) is 9.74. The van der Waals surface area contributed by atoms with E-state index in [-0.39, 0.29) is 25.0 Å². The Bertz CT molecular complexity index is 2900. The van der Waals surface area contributed by atoms with Gasteiger partial charge in [-0.1, -0.05) is 23.2 Å². The Morgan fingerprint density at radius 3 is 1.72 bits per heavy atom. The van der Waals surface area contributed by atoms with Gasteiger partial charge >= 0.3 is 11.1 Å². The van der Waals surface area contributed by atoms with Crippen molar-refractivity contribution in [3.8, 4) is 45.9 Å². The molecule has 2 aromatic carbocycles. The molecule has 58 heavy (non-hydrogen) atoms. The zero-order valence-corrected chi connectivity index (χ0v) is 33.4. The van der Waals surface area contributed by atoms with Crippen molar-refractivity contribution in [2.45, 2.75) is 27.1 Å². The number of aryl methyl sites for hydroxylation is 2. The normalized spacial score (nSPS) is 11.2. The van der Waals surface area contributed by atoms with Crippen molar-refractivity contribution < 1.29 is 18.9 Å². The minimum Gasteiger partial charge on any atom is -0.477 e. The fraction of sp³-hybridized carbons (Fsp3) is 0.211. The lowest BCUT2D eigenvalue weighted by Gasteiger charge is -2.16. The summed E-state index contributed by atoms with van der Waals surface area (Å²) < 4.78 is 24.8. The van der Waals surface area contributed by atoms with Crippen LogP contribution in [0, 0.1) is 13.8 Å². The first-order valence-electron chi connectivity index (χ1n) is 17.3. The molecular weight excluding hydrogens is 791 g/mol. The molecule has 20 heteroatoms. The Morgan fingerprint density at radius 1 is 0.672 bits per heavy atom. The van der Waals surface area contributed by atoms with E-state index in [9.17, 15) is 9.59 Å². The predicted octanol–water partition coefficient (Wildman–Crippen LogP) is 5.37. The monoisotopic (exact) mass is 824 g/mol. The third-order valence-electron chi connectivity index (χ3n) is 8.79. The summed E-state index contributed by atoms with van der Waals surface area (Å²) in [7, 11) is 6.15. The van der Waals surface area contributed by atoms with E-state index in [1.54, 1.807) is 55.5 Å². The van der Waals surface area contributed by atoms with Gasteiger partial charge in [-0.25, -0.2) is 9.97 Å². The summed E-state index contributed by atoms with van der Waals surface area (Å²) in [6.07, 6.45) is 6.70. The van der Waals surface area contributed by atoms with Crippen LogP contribution in [0.2, 0.25) is 10.0 Å². The predicted molar refractivity (Wildman–Crippen MR) is 215 cm³/mol. The number of aromatic nitrogens is 12. The van der Waals surface area contributed by atoms with Gasteiger partial charge in [-0.3, -0.25) is 28.7 Å². The maximum atomic E-state index is 12.0. The van der Waals surface area contributed by atoms with Crippen LogP contribution in [0.1, 0.15) is 22.8 Å². The van der Waals surface area contributed by atoms with Crippen molar-refractivity contribution in [2.24, 2.45) is 0 Å². The van der Waals surface area contributed by atoms with Gasteiger partial charge in [0.1, 0.15) is 18.7 Å². The van der Waals surface area contributed by atoms with E-state index < -0.39 is 11.1 Å². The van der Waals surface area contributed by atoms with E-state index in [0.717, 1.165) is 11.1 Å². The molecule has 0 unspecified atom stereocenters. The number of pyridine rings is 2. The van der Waals surface area contributed by atoms with E-state index in [0.29, 0.717) is 77.9 Å². The number of benzene rings is 2. The SMILES string of the molecule is COCc1nnc(-c2cccnc2)n1-c1c(Cl)c(C)cc2[nH]c(=O)c(=O)[nH]c12.COCc1nnc(-c2cccnc2)n1-c1c(Cl)c(C)cc2nc(OC)c(OC)nc12. The summed E-state index contributed by atoms with van der Waals surface area (Å²) in [6.45, 7) is 4.08. The molecule has 296 valence electrons. The number of H-pyrrole nitrogens is 2. The third kappa shape index (κ3) is 7.36. The number of fused-ring (bicyclic) bond motifs is 2. The van der Waals surface area contributed by atoms with Gasteiger partial charge in [-0.15, -0.1) is 20.4 Å². The summed E-state index contributed by atoms with van der Waals surface area (Å²) in [5.74, 6) is 2.59. The molecule has 0 saturated carbocycles. The standard InChI is InChI=1S/C20H19ClN6O3.C18H15ClN6O3/c1-11-8-13-16(24-20(30-4)19(23-13)29-3)17(15(11)21)27-14(10-28-2)25-26-18(27)12-6-5-7-22-9-12;1-9-6-11-14(22-18(27)17(26)21-11)15(13(9)19)25-12(8-28-2)23-24-16(25)10-4-3-5-20-7-10/h5-9H,10H2,1-4H3;3-7H,8H2,1-2H3,(H,21,26)(H,22,27). The fourth-order valence-corrected chi connectivity index (χ4v) is 6.66. The molecule has 8 rings (SSSR count). The molecule has 6 aromatic heterocycles. The van der Waals surface area contributed by atoms with E-state index in [2.05, 4.69) is 50.3 Å². The van der Waals surface area contributed by atoms with Crippen molar-refractivity contribution >= 4 is 45.3 Å². The van der Waals surface area contributed by atoms with Crippen LogP contribution >= 0.6 is 23.2 Å². The van der Waals surface area contributed by atoms with E-state index in [1.807, 2.05) is 35.8 Å². The summed E-state index contributed by atoms with van der Waals surface area (Å²) in [5, 5.41) is 18.0. The quantitative estimate of drug-likeness (QED) is 0.166. The molecule has 0 fully saturated rings. The van der Waals surface area contributed by atoms with Crippen molar-refractivity contribution in [3.63, 3.8) is 0 Å². The first-order chi connectivity index (χ1) is 28.1. The molecule has 8 aromatic rings. The van der Waals surface area contributed by atoms with E-state index in [4.69, 9.17) is 42.1 Å². The number of nitrogens with one attached hydrogen (secondary N) is 2. The second-order valence-corrected chi connectivity index (χ2v) is 13.3. The summed E-state index contributed by atoms with van der Waals surface area (Å²) in [6, 6.07) is 10.9. The molecular formula is C38H34Cl2N12O6. The lowest BCUT2D eigenvalue weighted by Crippen LogP contribution is -2.29. The zero-order chi connectivity index (χ0) is 41.1. The van der Waals surface area contributed by atoms with Crippen molar-refractivity contribution in [1.29, 1.82) is 0 Å². The second-order valence-electron chi connectivity index (χ2n) is 12.6. The topological polar surface area (TPSA) is 216 Å². The van der Waals surface area contributed by atoms with Gasteiger partial charge in [0.2, 0.25) is 0 Å². The second kappa shape index (κ2) is 16.9. The molecule has 0 spiro atoms. The smallest absolute Gasteiger partial charge is 0.314 e. The van der Waals surface area contributed by atoms with Gasteiger partial charge in [-0.2, -0.15) is 0 Å². The highest BCUT2D eigenvalue weighted by molar-refractivity contribution is 6.35. The zero-order valence-electron chi connectivity index (χ0n) is 31.9. The van der Waals surface area contributed by atoms with Gasteiger partial charge in [0.15, 0.2) is 23.3 Å². The van der Waals surface area contributed by atoms with Gasteiger partial charge in [0.25, 0.3) is 11.8 Å². The van der Waals surface area contributed by atoms with Crippen LogP contribution in [0.15, 0.2) is 70.8 Å². The minimum absolute atomic E-state index is 0.159. The lowest BCUT2D eigenvalue weighted by atomic mass is 10.1. The summed E-state index contributed by atoms with van der Waals surface area (Å²) in [5.41, 5.74) is 4.42. The Balaban J connectivity index is 0.000000177. The molecule has 0 aliphatic rings. The molecule has 18 nitrogen and oxygen atoms in total. The van der Waals surface area contributed by atoms with Crippen LogP contribution in [0.25, 0.3) is 56.2 Å². The van der Waals surface area contributed by atoms with Gasteiger partial charge in [0.05, 0.1) is 52.2 Å². The number of hydrogen-bond donors (Lipinski definition) is 2. The lowest BCUT2D eigenvalue weighted by molar-refractivity contribution is 0.176. The Hall–Kier alpha value is -6.60. The number of methoxy groups -OCH3 is 4. The average molecular weight is 826 g/mol. The van der Waals surface area contributed by atoms with Crippen LogP contribution in [-0.4, -0.2) is 87.9 Å². The number of halogens is 2. The molecule has 0 bridgehead atoms. The molecule has 0 aliphatic heterocycles. The molecule has 0 amide bonds. The molecule has 0 aliphatic carbocycles. The van der Waals surface area contributed by atoms with Gasteiger partial charge in [0, 0.05) is 50.1 Å². The molecule has 0 radical (unpaired) electrons. The highest BCUT2D eigenvalue weighted by atomic mass is 35.5. The van der Waals surface area contributed by atoms with Crippen LogP contribution in [0.3, 0.4) is 0 Å². The van der Waals surface area contributed by atoms with E-state index in [1.165, 1.54) is 21.3 Å². The van der Waals surface area contributed by atoms with Crippen LogP contribution in [-0.2, 0) is 22.7 Å². The first kappa shape index (κ1) is 39.6. The number of nitrogens with zero attached hydrogens (tertiary/aromatic N) is 10. The largest absolute Gasteiger partial charge is 0.477 e. The average Bonchev–Trinajstić information content (AvgIpc) is 3.84. The van der Waals surface area contributed by atoms with E-state index >= 15 is 0 Å². The number of aromatic amines is 2. The Kier molecular flexibility index (Phi) is 11.5. The summed E-state index contributed by atoms with van der Waals surface area (Å²) in [4.78, 5) is 46.5. The molecule has 6 heterocycles. The maximum absolute atomic E-state index is 12.0. The maximum Gasteiger partial charge on any atom is 0.314 e. The molecule has 0 saturated heterocycles. The van der Waals surface area contributed by atoms with Crippen molar-refractivity contribution in [2.75, 3.05) is 28.4 Å². The summed E-state index contributed by atoms with van der Waals surface area (Å²) >= 11 is 13.4.